The molecule has 0 saturated carbocycles. The fraction of sp³-hybridized carbons (Fsp3) is 0.381. The second-order valence-electron chi connectivity index (χ2n) is 7.30. The third kappa shape index (κ3) is 4.91. The molecule has 1 heterocycles. The zero-order chi connectivity index (χ0) is 21.0. The SMILES string of the molecule is CN(C)S(=O)(=O)c1ccc(Cl)c(C(=O)Nc2ccccc2N2CCCCCC2)c1. The van der Waals surface area contributed by atoms with Gasteiger partial charge in [-0.2, -0.15) is 0 Å². The molecular weight excluding hydrogens is 410 g/mol. The van der Waals surface area contributed by atoms with E-state index >= 15 is 0 Å². The van der Waals surface area contributed by atoms with E-state index in [4.69, 9.17) is 11.6 Å². The Morgan fingerprint density at radius 3 is 2.34 bits per heavy atom. The summed E-state index contributed by atoms with van der Waals surface area (Å²) in [6.45, 7) is 1.90. The maximum Gasteiger partial charge on any atom is 0.257 e. The number of para-hydroxylation sites is 2. The molecule has 1 amide bonds. The predicted molar refractivity (Wildman–Crippen MR) is 117 cm³/mol. The van der Waals surface area contributed by atoms with Crippen molar-refractivity contribution in [1.82, 2.24) is 4.31 Å². The summed E-state index contributed by atoms with van der Waals surface area (Å²) in [5.41, 5.74) is 1.78. The average molecular weight is 436 g/mol. The lowest BCUT2D eigenvalue weighted by Gasteiger charge is -2.25. The van der Waals surface area contributed by atoms with Gasteiger partial charge in [-0.15, -0.1) is 0 Å². The lowest BCUT2D eigenvalue weighted by molar-refractivity contribution is 0.102. The van der Waals surface area contributed by atoms with E-state index < -0.39 is 15.9 Å². The Morgan fingerprint density at radius 2 is 1.69 bits per heavy atom. The smallest absolute Gasteiger partial charge is 0.257 e. The number of hydrogen-bond acceptors (Lipinski definition) is 4. The maximum absolute atomic E-state index is 13.0. The van der Waals surface area contributed by atoms with Crippen LogP contribution in [0.2, 0.25) is 5.02 Å². The molecule has 1 aliphatic rings. The van der Waals surface area contributed by atoms with E-state index in [-0.39, 0.29) is 15.5 Å². The number of sulfonamides is 1. The van der Waals surface area contributed by atoms with Crippen LogP contribution in [0.3, 0.4) is 0 Å². The monoisotopic (exact) mass is 435 g/mol. The van der Waals surface area contributed by atoms with Crippen LogP contribution in [0, 0.1) is 0 Å². The summed E-state index contributed by atoms with van der Waals surface area (Å²) in [6.07, 6.45) is 4.68. The van der Waals surface area contributed by atoms with Crippen molar-refractivity contribution in [3.63, 3.8) is 0 Å². The molecule has 0 radical (unpaired) electrons. The molecule has 0 aliphatic carbocycles. The van der Waals surface area contributed by atoms with Crippen molar-refractivity contribution in [2.75, 3.05) is 37.4 Å². The summed E-state index contributed by atoms with van der Waals surface area (Å²) < 4.78 is 25.9. The van der Waals surface area contributed by atoms with Crippen molar-refractivity contribution < 1.29 is 13.2 Å². The van der Waals surface area contributed by atoms with E-state index in [2.05, 4.69) is 10.2 Å². The highest BCUT2D eigenvalue weighted by Gasteiger charge is 2.22. The number of halogens is 1. The summed E-state index contributed by atoms with van der Waals surface area (Å²) in [6, 6.07) is 11.8. The molecule has 1 N–H and O–H groups in total. The van der Waals surface area contributed by atoms with Gasteiger partial charge in [-0.1, -0.05) is 36.6 Å². The Kier molecular flexibility index (Phi) is 6.82. The molecule has 3 rings (SSSR count). The number of rotatable bonds is 5. The molecule has 6 nitrogen and oxygen atoms in total. The molecule has 156 valence electrons. The number of anilines is 2. The normalized spacial score (nSPS) is 15.2. The number of nitrogens with zero attached hydrogens (tertiary/aromatic N) is 2. The zero-order valence-corrected chi connectivity index (χ0v) is 18.3. The van der Waals surface area contributed by atoms with Gasteiger partial charge in [0.05, 0.1) is 26.9 Å². The van der Waals surface area contributed by atoms with Crippen molar-refractivity contribution in [1.29, 1.82) is 0 Å². The van der Waals surface area contributed by atoms with Crippen LogP contribution >= 0.6 is 11.6 Å². The minimum atomic E-state index is -3.67. The number of nitrogens with one attached hydrogen (secondary N) is 1. The third-order valence-electron chi connectivity index (χ3n) is 5.06. The Balaban J connectivity index is 1.90. The van der Waals surface area contributed by atoms with Crippen molar-refractivity contribution >= 4 is 38.9 Å². The topological polar surface area (TPSA) is 69.7 Å². The molecule has 0 spiro atoms. The van der Waals surface area contributed by atoms with Gasteiger partial charge in [-0.05, 0) is 43.2 Å². The van der Waals surface area contributed by atoms with Crippen LogP contribution in [0.25, 0.3) is 0 Å². The van der Waals surface area contributed by atoms with Crippen molar-refractivity contribution in [3.05, 3.63) is 53.1 Å². The number of amides is 1. The quantitative estimate of drug-likeness (QED) is 0.763. The van der Waals surface area contributed by atoms with E-state index in [0.29, 0.717) is 5.69 Å². The Morgan fingerprint density at radius 1 is 1.03 bits per heavy atom. The van der Waals surface area contributed by atoms with Gasteiger partial charge in [0.2, 0.25) is 10.0 Å². The van der Waals surface area contributed by atoms with Gasteiger partial charge >= 0.3 is 0 Å². The number of carbonyl (C=O) groups excluding carboxylic acids is 1. The van der Waals surface area contributed by atoms with Gasteiger partial charge in [0, 0.05) is 27.2 Å². The van der Waals surface area contributed by atoms with Crippen molar-refractivity contribution in [2.45, 2.75) is 30.6 Å². The fourth-order valence-corrected chi connectivity index (χ4v) is 4.54. The van der Waals surface area contributed by atoms with Gasteiger partial charge in [0.25, 0.3) is 5.91 Å². The minimum absolute atomic E-state index is 0.0258. The lowest BCUT2D eigenvalue weighted by Crippen LogP contribution is -2.26. The molecular formula is C21H26ClN3O3S. The Hall–Kier alpha value is -2.09. The van der Waals surface area contributed by atoms with Gasteiger partial charge in [0.1, 0.15) is 0 Å². The Bertz CT molecular complexity index is 984. The summed E-state index contributed by atoms with van der Waals surface area (Å²) >= 11 is 6.22. The highest BCUT2D eigenvalue weighted by atomic mass is 35.5. The second-order valence-corrected chi connectivity index (χ2v) is 9.86. The van der Waals surface area contributed by atoms with E-state index in [1.165, 1.54) is 45.1 Å². The van der Waals surface area contributed by atoms with Crippen LogP contribution in [0.5, 0.6) is 0 Å². The van der Waals surface area contributed by atoms with Crippen LogP contribution in [0.1, 0.15) is 36.0 Å². The van der Waals surface area contributed by atoms with Gasteiger partial charge < -0.3 is 10.2 Å². The highest BCUT2D eigenvalue weighted by Crippen LogP contribution is 2.29. The molecule has 0 atom stereocenters. The molecule has 1 aliphatic heterocycles. The molecule has 0 aromatic heterocycles. The first-order valence-electron chi connectivity index (χ1n) is 9.68. The van der Waals surface area contributed by atoms with E-state index in [9.17, 15) is 13.2 Å². The van der Waals surface area contributed by atoms with Crippen LogP contribution < -0.4 is 10.2 Å². The van der Waals surface area contributed by atoms with Crippen LogP contribution in [-0.2, 0) is 10.0 Å². The molecule has 29 heavy (non-hydrogen) atoms. The molecule has 2 aromatic carbocycles. The van der Waals surface area contributed by atoms with Gasteiger partial charge in [-0.3, -0.25) is 4.79 Å². The summed E-state index contributed by atoms with van der Waals surface area (Å²) in [5.74, 6) is -0.437. The van der Waals surface area contributed by atoms with Gasteiger partial charge in [0.15, 0.2) is 0 Å². The Labute approximate surface area is 177 Å². The van der Waals surface area contributed by atoms with Crippen molar-refractivity contribution in [3.8, 4) is 0 Å². The lowest BCUT2D eigenvalue weighted by atomic mass is 10.2. The first-order chi connectivity index (χ1) is 13.8. The minimum Gasteiger partial charge on any atom is -0.370 e. The average Bonchev–Trinajstić information content (AvgIpc) is 2.97. The first-order valence-corrected chi connectivity index (χ1v) is 11.5. The molecule has 2 aromatic rings. The second kappa shape index (κ2) is 9.15. The van der Waals surface area contributed by atoms with Gasteiger partial charge in [-0.25, -0.2) is 12.7 Å². The van der Waals surface area contributed by atoms with Crippen LogP contribution in [0.15, 0.2) is 47.4 Å². The number of carbonyl (C=O) groups is 1. The largest absolute Gasteiger partial charge is 0.370 e. The number of hydrogen-bond donors (Lipinski definition) is 1. The third-order valence-corrected chi connectivity index (χ3v) is 7.20. The maximum atomic E-state index is 13.0. The van der Waals surface area contributed by atoms with Crippen LogP contribution in [0.4, 0.5) is 11.4 Å². The summed E-state index contributed by atoms with van der Waals surface area (Å²) in [4.78, 5) is 15.3. The van der Waals surface area contributed by atoms with Crippen LogP contribution in [-0.4, -0.2) is 45.8 Å². The summed E-state index contributed by atoms with van der Waals surface area (Å²) in [5, 5.41) is 3.12. The van der Waals surface area contributed by atoms with E-state index in [0.717, 1.165) is 35.9 Å². The van der Waals surface area contributed by atoms with E-state index in [1.54, 1.807) is 0 Å². The predicted octanol–water partition coefficient (Wildman–Crippen LogP) is 4.22. The fourth-order valence-electron chi connectivity index (χ4n) is 3.41. The van der Waals surface area contributed by atoms with E-state index in [1.807, 2.05) is 24.3 Å². The first kappa shape index (κ1) is 21.6. The highest BCUT2D eigenvalue weighted by molar-refractivity contribution is 7.89. The standard InChI is InChI=1S/C21H26ClN3O3S/c1-24(2)29(27,28)16-11-12-18(22)17(15-16)21(26)23-19-9-5-6-10-20(19)25-13-7-3-4-8-14-25/h5-6,9-12,15H,3-4,7-8,13-14H2,1-2H3,(H,23,26). The molecule has 1 fully saturated rings. The molecule has 0 unspecified atom stereocenters. The summed E-state index contributed by atoms with van der Waals surface area (Å²) in [7, 11) is -0.774. The molecule has 1 saturated heterocycles. The zero-order valence-electron chi connectivity index (χ0n) is 16.7. The molecule has 8 heteroatoms. The molecule has 0 bridgehead atoms. The number of benzene rings is 2. The van der Waals surface area contributed by atoms with Crippen molar-refractivity contribution in [2.24, 2.45) is 0 Å².